The average molecular weight is 193 g/mol. The Morgan fingerprint density at radius 3 is 2.50 bits per heavy atom. The molecule has 0 aliphatic rings. The van der Waals surface area contributed by atoms with Crippen LogP contribution < -0.4 is 10.6 Å². The first-order chi connectivity index (χ1) is 6.74. The van der Waals surface area contributed by atoms with Crippen LogP contribution in [-0.2, 0) is 0 Å². The maximum Gasteiger partial charge on any atom is 0.0397 e. The van der Waals surface area contributed by atoms with Crippen LogP contribution in [0, 0.1) is 5.92 Å². The SMILES string of the molecule is CC(C)CN(CCN)c1ccncc1. The number of aromatic nitrogens is 1. The van der Waals surface area contributed by atoms with Gasteiger partial charge in [0.05, 0.1) is 0 Å². The van der Waals surface area contributed by atoms with E-state index in [1.165, 1.54) is 5.69 Å². The van der Waals surface area contributed by atoms with Crippen molar-refractivity contribution >= 4 is 5.69 Å². The molecule has 1 aromatic rings. The fourth-order valence-electron chi connectivity index (χ4n) is 1.48. The van der Waals surface area contributed by atoms with Crippen LogP contribution in [0.2, 0.25) is 0 Å². The van der Waals surface area contributed by atoms with E-state index >= 15 is 0 Å². The summed E-state index contributed by atoms with van der Waals surface area (Å²) in [6.45, 7) is 7.06. The molecule has 14 heavy (non-hydrogen) atoms. The van der Waals surface area contributed by atoms with Crippen LogP contribution in [0.5, 0.6) is 0 Å². The minimum Gasteiger partial charge on any atom is -0.370 e. The molecule has 0 saturated heterocycles. The molecule has 0 atom stereocenters. The first-order valence-corrected chi connectivity index (χ1v) is 5.09. The third-order valence-electron chi connectivity index (χ3n) is 2.01. The van der Waals surface area contributed by atoms with Crippen LogP contribution in [-0.4, -0.2) is 24.6 Å². The molecule has 0 bridgehead atoms. The van der Waals surface area contributed by atoms with Gasteiger partial charge in [0.1, 0.15) is 0 Å². The quantitative estimate of drug-likeness (QED) is 0.770. The molecule has 0 saturated carbocycles. The Balaban J connectivity index is 2.67. The summed E-state index contributed by atoms with van der Waals surface area (Å²) in [5.41, 5.74) is 6.79. The molecule has 0 spiro atoms. The minimum atomic E-state index is 0.648. The molecule has 0 amide bonds. The van der Waals surface area contributed by atoms with Crippen molar-refractivity contribution in [2.24, 2.45) is 11.7 Å². The fourth-order valence-corrected chi connectivity index (χ4v) is 1.48. The Hall–Kier alpha value is -1.09. The van der Waals surface area contributed by atoms with E-state index in [1.54, 1.807) is 0 Å². The normalized spacial score (nSPS) is 10.6. The standard InChI is InChI=1S/C11H19N3/c1-10(2)9-14(8-5-12)11-3-6-13-7-4-11/h3-4,6-7,10H,5,8-9,12H2,1-2H3. The summed E-state index contributed by atoms with van der Waals surface area (Å²) in [4.78, 5) is 6.31. The highest BCUT2D eigenvalue weighted by Gasteiger charge is 2.06. The first-order valence-electron chi connectivity index (χ1n) is 5.09. The van der Waals surface area contributed by atoms with E-state index in [2.05, 4.69) is 23.7 Å². The first kappa shape index (κ1) is 11.0. The van der Waals surface area contributed by atoms with Crippen LogP contribution >= 0.6 is 0 Å². The number of nitrogens with zero attached hydrogens (tertiary/aromatic N) is 2. The highest BCUT2D eigenvalue weighted by atomic mass is 15.1. The number of nitrogens with two attached hydrogens (primary N) is 1. The molecule has 1 heterocycles. The molecule has 0 aliphatic heterocycles. The molecule has 0 radical (unpaired) electrons. The summed E-state index contributed by atoms with van der Waals surface area (Å²) >= 11 is 0. The van der Waals surface area contributed by atoms with Crippen molar-refractivity contribution in [3.63, 3.8) is 0 Å². The Bertz CT molecular complexity index is 246. The lowest BCUT2D eigenvalue weighted by molar-refractivity contribution is 0.611. The second-order valence-corrected chi connectivity index (χ2v) is 3.83. The predicted octanol–water partition coefficient (Wildman–Crippen LogP) is 1.50. The highest BCUT2D eigenvalue weighted by Crippen LogP contribution is 2.13. The van der Waals surface area contributed by atoms with Gasteiger partial charge in [0.2, 0.25) is 0 Å². The monoisotopic (exact) mass is 193 g/mol. The van der Waals surface area contributed by atoms with Gasteiger partial charge in [0.15, 0.2) is 0 Å². The fraction of sp³-hybridized carbons (Fsp3) is 0.545. The summed E-state index contributed by atoms with van der Waals surface area (Å²) in [5.74, 6) is 0.648. The van der Waals surface area contributed by atoms with Gasteiger partial charge in [0.25, 0.3) is 0 Å². The van der Waals surface area contributed by atoms with Gasteiger partial charge in [-0.3, -0.25) is 4.98 Å². The molecule has 0 fully saturated rings. The zero-order valence-electron chi connectivity index (χ0n) is 8.98. The van der Waals surface area contributed by atoms with Gasteiger partial charge in [-0.2, -0.15) is 0 Å². The van der Waals surface area contributed by atoms with Crippen LogP contribution in [0.1, 0.15) is 13.8 Å². The summed E-state index contributed by atoms with van der Waals surface area (Å²) in [6.07, 6.45) is 3.64. The zero-order chi connectivity index (χ0) is 10.4. The Morgan fingerprint density at radius 1 is 1.36 bits per heavy atom. The summed E-state index contributed by atoms with van der Waals surface area (Å²) < 4.78 is 0. The lowest BCUT2D eigenvalue weighted by Crippen LogP contribution is -2.32. The van der Waals surface area contributed by atoms with E-state index in [9.17, 15) is 0 Å². The van der Waals surface area contributed by atoms with Gasteiger partial charge >= 0.3 is 0 Å². The van der Waals surface area contributed by atoms with Gasteiger partial charge in [-0.1, -0.05) is 13.8 Å². The van der Waals surface area contributed by atoms with Crippen molar-refractivity contribution in [3.05, 3.63) is 24.5 Å². The summed E-state index contributed by atoms with van der Waals surface area (Å²) in [6, 6.07) is 4.05. The lowest BCUT2D eigenvalue weighted by Gasteiger charge is -2.25. The Kier molecular flexibility index (Phi) is 4.40. The van der Waals surface area contributed by atoms with Gasteiger partial charge in [-0.25, -0.2) is 0 Å². The molecule has 78 valence electrons. The van der Waals surface area contributed by atoms with E-state index in [0.29, 0.717) is 12.5 Å². The second-order valence-electron chi connectivity index (χ2n) is 3.83. The molecular weight excluding hydrogens is 174 g/mol. The molecule has 3 heteroatoms. The Labute approximate surface area is 85.9 Å². The second kappa shape index (κ2) is 5.60. The van der Waals surface area contributed by atoms with Crippen molar-refractivity contribution < 1.29 is 0 Å². The minimum absolute atomic E-state index is 0.648. The number of hydrogen-bond donors (Lipinski definition) is 1. The van der Waals surface area contributed by atoms with Gasteiger partial charge in [-0.05, 0) is 18.1 Å². The van der Waals surface area contributed by atoms with E-state index in [0.717, 1.165) is 13.1 Å². The van der Waals surface area contributed by atoms with Crippen molar-refractivity contribution in [2.45, 2.75) is 13.8 Å². The highest BCUT2D eigenvalue weighted by molar-refractivity contribution is 5.44. The predicted molar refractivity (Wildman–Crippen MR) is 60.3 cm³/mol. The molecular formula is C11H19N3. The maximum absolute atomic E-state index is 5.59. The number of anilines is 1. The van der Waals surface area contributed by atoms with Gasteiger partial charge < -0.3 is 10.6 Å². The average Bonchev–Trinajstić information content (AvgIpc) is 2.18. The molecule has 0 aromatic carbocycles. The Morgan fingerprint density at radius 2 is 2.00 bits per heavy atom. The number of hydrogen-bond acceptors (Lipinski definition) is 3. The lowest BCUT2D eigenvalue weighted by atomic mass is 10.2. The van der Waals surface area contributed by atoms with E-state index in [4.69, 9.17) is 5.73 Å². The van der Waals surface area contributed by atoms with E-state index in [-0.39, 0.29) is 0 Å². The summed E-state index contributed by atoms with van der Waals surface area (Å²) in [7, 11) is 0. The third kappa shape index (κ3) is 3.34. The smallest absolute Gasteiger partial charge is 0.0397 e. The van der Waals surface area contributed by atoms with Crippen LogP contribution in [0.25, 0.3) is 0 Å². The molecule has 1 aromatic heterocycles. The van der Waals surface area contributed by atoms with Crippen molar-refractivity contribution in [1.82, 2.24) is 4.98 Å². The van der Waals surface area contributed by atoms with Crippen molar-refractivity contribution in [1.29, 1.82) is 0 Å². The van der Waals surface area contributed by atoms with Crippen LogP contribution in [0.15, 0.2) is 24.5 Å². The molecule has 3 nitrogen and oxygen atoms in total. The molecule has 0 unspecified atom stereocenters. The van der Waals surface area contributed by atoms with E-state index < -0.39 is 0 Å². The van der Waals surface area contributed by atoms with E-state index in [1.807, 2.05) is 24.5 Å². The zero-order valence-corrected chi connectivity index (χ0v) is 8.98. The number of pyridine rings is 1. The van der Waals surface area contributed by atoms with Gasteiger partial charge in [0, 0.05) is 37.7 Å². The molecule has 2 N–H and O–H groups in total. The third-order valence-corrected chi connectivity index (χ3v) is 2.01. The summed E-state index contributed by atoms with van der Waals surface area (Å²) in [5, 5.41) is 0. The maximum atomic E-state index is 5.59. The molecule has 1 rings (SSSR count). The van der Waals surface area contributed by atoms with Crippen molar-refractivity contribution in [2.75, 3.05) is 24.5 Å². The topological polar surface area (TPSA) is 42.1 Å². The largest absolute Gasteiger partial charge is 0.370 e. The molecule has 0 aliphatic carbocycles. The van der Waals surface area contributed by atoms with Crippen LogP contribution in [0.4, 0.5) is 5.69 Å². The van der Waals surface area contributed by atoms with Crippen LogP contribution in [0.3, 0.4) is 0 Å². The van der Waals surface area contributed by atoms with Crippen molar-refractivity contribution in [3.8, 4) is 0 Å². The number of rotatable bonds is 5. The van der Waals surface area contributed by atoms with Gasteiger partial charge in [-0.15, -0.1) is 0 Å².